The van der Waals surface area contributed by atoms with Gasteiger partial charge in [0.15, 0.2) is 0 Å². The highest BCUT2D eigenvalue weighted by atomic mass is 16.2. The van der Waals surface area contributed by atoms with E-state index in [0.29, 0.717) is 6.54 Å². The largest absolute Gasteiger partial charge is 0.347 e. The monoisotopic (exact) mass is 230 g/mol. The lowest BCUT2D eigenvalue weighted by molar-refractivity contribution is 0.251. The minimum atomic E-state index is -0.245. The molecule has 2 amide bonds. The van der Waals surface area contributed by atoms with E-state index in [-0.39, 0.29) is 6.03 Å². The number of aromatic amines is 1. The van der Waals surface area contributed by atoms with Crippen molar-refractivity contribution in [2.45, 2.75) is 13.5 Å². The highest BCUT2D eigenvalue weighted by Gasteiger charge is 2.01. The molecule has 2 aromatic rings. The molecule has 17 heavy (non-hydrogen) atoms. The molecule has 0 aliphatic heterocycles. The maximum absolute atomic E-state index is 11.5. The predicted octanol–water partition coefficient (Wildman–Crippen LogP) is 2.04. The maximum atomic E-state index is 11.5. The van der Waals surface area contributed by atoms with Crippen LogP contribution in [0, 0.1) is 6.92 Å². The fourth-order valence-corrected chi connectivity index (χ4v) is 1.37. The topological polar surface area (TPSA) is 69.8 Å². The van der Waals surface area contributed by atoms with E-state index in [9.17, 15) is 4.79 Å². The van der Waals surface area contributed by atoms with E-state index in [1.165, 1.54) is 0 Å². The van der Waals surface area contributed by atoms with Crippen LogP contribution in [0.4, 0.5) is 10.5 Å². The number of urea groups is 1. The quantitative estimate of drug-likeness (QED) is 0.755. The van der Waals surface area contributed by atoms with Gasteiger partial charge in [0, 0.05) is 18.1 Å². The zero-order valence-corrected chi connectivity index (χ0v) is 9.53. The molecular weight excluding hydrogens is 216 g/mol. The van der Waals surface area contributed by atoms with Crippen LogP contribution >= 0.6 is 0 Å². The number of carbonyl (C=O) groups is 1. The fourth-order valence-electron chi connectivity index (χ4n) is 1.37. The van der Waals surface area contributed by atoms with Crippen LogP contribution in [-0.4, -0.2) is 16.0 Å². The summed E-state index contributed by atoms with van der Waals surface area (Å²) in [5, 5.41) is 5.44. The summed E-state index contributed by atoms with van der Waals surface area (Å²) in [4.78, 5) is 18.4. The van der Waals surface area contributed by atoms with Crippen molar-refractivity contribution in [3.05, 3.63) is 48.0 Å². The summed E-state index contributed by atoms with van der Waals surface area (Å²) in [6, 6.07) is 7.37. The first-order valence-electron chi connectivity index (χ1n) is 5.34. The van der Waals surface area contributed by atoms with Gasteiger partial charge in [0.1, 0.15) is 5.82 Å². The molecule has 0 unspecified atom stereocenters. The Morgan fingerprint density at radius 3 is 2.76 bits per heavy atom. The van der Waals surface area contributed by atoms with Gasteiger partial charge < -0.3 is 15.6 Å². The Balaban J connectivity index is 1.83. The SMILES string of the molecule is Cc1ccc(NC(=O)NCc2ncc[nH]2)cc1. The summed E-state index contributed by atoms with van der Waals surface area (Å²) in [5.74, 6) is 0.726. The first kappa shape index (κ1) is 11.2. The van der Waals surface area contributed by atoms with Gasteiger partial charge in [-0.1, -0.05) is 17.7 Å². The van der Waals surface area contributed by atoms with E-state index in [4.69, 9.17) is 0 Å². The van der Waals surface area contributed by atoms with Crippen LogP contribution in [-0.2, 0) is 6.54 Å². The number of H-pyrrole nitrogens is 1. The first-order chi connectivity index (χ1) is 8.24. The lowest BCUT2D eigenvalue weighted by Gasteiger charge is -2.06. The second-order valence-corrected chi connectivity index (χ2v) is 3.71. The van der Waals surface area contributed by atoms with Crippen molar-refractivity contribution in [1.82, 2.24) is 15.3 Å². The van der Waals surface area contributed by atoms with Crippen LogP contribution in [0.3, 0.4) is 0 Å². The van der Waals surface area contributed by atoms with Crippen LogP contribution in [0.5, 0.6) is 0 Å². The Morgan fingerprint density at radius 2 is 2.12 bits per heavy atom. The van der Waals surface area contributed by atoms with Crippen molar-refractivity contribution < 1.29 is 4.79 Å². The van der Waals surface area contributed by atoms with Crippen LogP contribution in [0.25, 0.3) is 0 Å². The van der Waals surface area contributed by atoms with E-state index in [2.05, 4.69) is 20.6 Å². The summed E-state index contributed by atoms with van der Waals surface area (Å²) >= 11 is 0. The lowest BCUT2D eigenvalue weighted by Crippen LogP contribution is -2.28. The summed E-state index contributed by atoms with van der Waals surface area (Å²) in [5.41, 5.74) is 1.93. The van der Waals surface area contributed by atoms with E-state index in [1.807, 2.05) is 31.2 Å². The molecule has 1 heterocycles. The van der Waals surface area contributed by atoms with Crippen molar-refractivity contribution in [1.29, 1.82) is 0 Å². The number of hydrogen-bond donors (Lipinski definition) is 3. The Hall–Kier alpha value is -2.30. The molecule has 5 nitrogen and oxygen atoms in total. The lowest BCUT2D eigenvalue weighted by atomic mass is 10.2. The molecule has 0 atom stereocenters. The van der Waals surface area contributed by atoms with Gasteiger partial charge in [-0.05, 0) is 19.1 Å². The van der Waals surface area contributed by atoms with Gasteiger partial charge in [-0.15, -0.1) is 0 Å². The summed E-state index contributed by atoms with van der Waals surface area (Å²) in [6.45, 7) is 2.38. The molecule has 5 heteroatoms. The number of aryl methyl sites for hydroxylation is 1. The highest BCUT2D eigenvalue weighted by Crippen LogP contribution is 2.07. The van der Waals surface area contributed by atoms with Crippen molar-refractivity contribution in [3.8, 4) is 0 Å². The van der Waals surface area contributed by atoms with Gasteiger partial charge in [0.25, 0.3) is 0 Å². The van der Waals surface area contributed by atoms with E-state index in [1.54, 1.807) is 12.4 Å². The zero-order valence-electron chi connectivity index (χ0n) is 9.53. The maximum Gasteiger partial charge on any atom is 0.319 e. The molecule has 0 aliphatic carbocycles. The van der Waals surface area contributed by atoms with E-state index in [0.717, 1.165) is 17.1 Å². The van der Waals surface area contributed by atoms with Crippen LogP contribution < -0.4 is 10.6 Å². The number of carbonyl (C=O) groups excluding carboxylic acids is 1. The molecule has 0 saturated carbocycles. The smallest absolute Gasteiger partial charge is 0.319 e. The van der Waals surface area contributed by atoms with Crippen molar-refractivity contribution in [2.75, 3.05) is 5.32 Å². The number of benzene rings is 1. The number of anilines is 1. The highest BCUT2D eigenvalue weighted by molar-refractivity contribution is 5.89. The number of aromatic nitrogens is 2. The third-order valence-electron chi connectivity index (χ3n) is 2.28. The van der Waals surface area contributed by atoms with Gasteiger partial charge in [-0.3, -0.25) is 0 Å². The predicted molar refractivity (Wildman–Crippen MR) is 65.6 cm³/mol. The third-order valence-corrected chi connectivity index (χ3v) is 2.28. The van der Waals surface area contributed by atoms with Gasteiger partial charge in [-0.2, -0.15) is 0 Å². The molecule has 0 fully saturated rings. The number of amides is 2. The second-order valence-electron chi connectivity index (χ2n) is 3.71. The Kier molecular flexibility index (Phi) is 3.40. The van der Waals surface area contributed by atoms with Crippen molar-refractivity contribution >= 4 is 11.7 Å². The average Bonchev–Trinajstić information content (AvgIpc) is 2.83. The van der Waals surface area contributed by atoms with E-state index < -0.39 is 0 Å². The second kappa shape index (κ2) is 5.16. The first-order valence-corrected chi connectivity index (χ1v) is 5.34. The molecule has 0 radical (unpaired) electrons. The number of nitrogens with one attached hydrogen (secondary N) is 3. The van der Waals surface area contributed by atoms with Gasteiger partial charge >= 0.3 is 6.03 Å². The minimum Gasteiger partial charge on any atom is -0.347 e. The Labute approximate surface area is 99.3 Å². The van der Waals surface area contributed by atoms with Crippen molar-refractivity contribution in [2.24, 2.45) is 0 Å². The van der Waals surface area contributed by atoms with Gasteiger partial charge in [0.2, 0.25) is 0 Å². The molecule has 1 aromatic heterocycles. The zero-order chi connectivity index (χ0) is 12.1. The van der Waals surface area contributed by atoms with Gasteiger partial charge in [-0.25, -0.2) is 9.78 Å². The Morgan fingerprint density at radius 1 is 1.35 bits per heavy atom. The molecule has 1 aromatic carbocycles. The molecule has 0 aliphatic rings. The number of rotatable bonds is 3. The van der Waals surface area contributed by atoms with Crippen LogP contribution in [0.2, 0.25) is 0 Å². The molecule has 2 rings (SSSR count). The van der Waals surface area contributed by atoms with Crippen molar-refractivity contribution in [3.63, 3.8) is 0 Å². The van der Waals surface area contributed by atoms with Gasteiger partial charge in [0.05, 0.1) is 6.54 Å². The minimum absolute atomic E-state index is 0.245. The normalized spacial score (nSPS) is 9.94. The summed E-state index contributed by atoms with van der Waals surface area (Å²) in [6.07, 6.45) is 3.36. The summed E-state index contributed by atoms with van der Waals surface area (Å²) < 4.78 is 0. The summed E-state index contributed by atoms with van der Waals surface area (Å²) in [7, 11) is 0. The molecule has 3 N–H and O–H groups in total. The Bertz CT molecular complexity index is 476. The molecule has 0 bridgehead atoms. The van der Waals surface area contributed by atoms with Crippen LogP contribution in [0.15, 0.2) is 36.7 Å². The molecule has 0 saturated heterocycles. The fraction of sp³-hybridized carbons (Fsp3) is 0.167. The van der Waals surface area contributed by atoms with E-state index >= 15 is 0 Å². The average molecular weight is 230 g/mol. The molecule has 88 valence electrons. The van der Waals surface area contributed by atoms with Crippen LogP contribution in [0.1, 0.15) is 11.4 Å². The third kappa shape index (κ3) is 3.34. The number of hydrogen-bond acceptors (Lipinski definition) is 2. The molecular formula is C12H14N4O. The number of imidazole rings is 1. The standard InChI is InChI=1S/C12H14N4O/c1-9-2-4-10(5-3-9)16-12(17)15-8-11-13-6-7-14-11/h2-7H,8H2,1H3,(H,13,14)(H2,15,16,17). The number of nitrogens with zero attached hydrogens (tertiary/aromatic N) is 1. The molecule has 0 spiro atoms.